The molecule has 9 heteroatoms. The average molecular weight is 472 g/mol. The van der Waals surface area contributed by atoms with Crippen LogP contribution in [0.15, 0.2) is 57.9 Å². The van der Waals surface area contributed by atoms with Gasteiger partial charge in [0.1, 0.15) is 12.1 Å². The second kappa shape index (κ2) is 8.91. The summed E-state index contributed by atoms with van der Waals surface area (Å²) in [4.78, 5) is 47.2. The topological polar surface area (TPSA) is 118 Å². The predicted molar refractivity (Wildman–Crippen MR) is 116 cm³/mol. The molecule has 0 fully saturated rings. The standard InChI is InChI=1S/C21H18BrN3O5/c1-12(26)24-15-5-2-13(3-6-15)10-25-11-17(21(30)23-9-19(27)28)20(29)16-8-14(22)4-7-18(16)25/h2-8,11H,9-10H2,1H3,(H,23,30)(H,24,26)(H,27,28). The number of hydrogen-bond acceptors (Lipinski definition) is 4. The van der Waals surface area contributed by atoms with Gasteiger partial charge in [-0.05, 0) is 35.9 Å². The highest BCUT2D eigenvalue weighted by molar-refractivity contribution is 9.10. The zero-order valence-corrected chi connectivity index (χ0v) is 17.5. The van der Waals surface area contributed by atoms with Gasteiger partial charge in [-0.25, -0.2) is 0 Å². The molecule has 2 amide bonds. The van der Waals surface area contributed by atoms with E-state index in [0.717, 1.165) is 5.56 Å². The quantitative estimate of drug-likeness (QED) is 0.510. The summed E-state index contributed by atoms with van der Waals surface area (Å²) in [5, 5.41) is 14.0. The van der Waals surface area contributed by atoms with Crippen LogP contribution < -0.4 is 16.1 Å². The molecule has 0 aliphatic rings. The Kier molecular flexibility index (Phi) is 6.31. The first-order chi connectivity index (χ1) is 14.2. The number of pyridine rings is 1. The lowest BCUT2D eigenvalue weighted by atomic mass is 10.1. The molecule has 3 N–H and O–H groups in total. The molecule has 1 aromatic heterocycles. The normalized spacial score (nSPS) is 10.6. The first-order valence-corrected chi connectivity index (χ1v) is 9.73. The van der Waals surface area contributed by atoms with Gasteiger partial charge in [0.25, 0.3) is 5.91 Å². The first kappa shape index (κ1) is 21.3. The van der Waals surface area contributed by atoms with E-state index in [-0.39, 0.29) is 11.5 Å². The number of carbonyl (C=O) groups is 3. The average Bonchev–Trinajstić information content (AvgIpc) is 2.69. The van der Waals surface area contributed by atoms with E-state index in [0.29, 0.717) is 27.6 Å². The van der Waals surface area contributed by atoms with Crippen molar-refractivity contribution < 1.29 is 19.5 Å². The number of hydrogen-bond donors (Lipinski definition) is 3. The molecular formula is C21H18BrN3O5. The van der Waals surface area contributed by atoms with Crippen LogP contribution in [0.5, 0.6) is 0 Å². The van der Waals surface area contributed by atoms with Crippen molar-refractivity contribution in [3.05, 3.63) is 74.5 Å². The fraction of sp³-hybridized carbons (Fsp3) is 0.143. The number of nitrogens with zero attached hydrogens (tertiary/aromatic N) is 1. The van der Waals surface area contributed by atoms with Crippen LogP contribution in [-0.2, 0) is 16.1 Å². The van der Waals surface area contributed by atoms with Gasteiger partial charge >= 0.3 is 5.97 Å². The van der Waals surface area contributed by atoms with E-state index in [9.17, 15) is 19.2 Å². The molecule has 0 saturated carbocycles. The third-order valence-electron chi connectivity index (χ3n) is 4.31. The number of fused-ring (bicyclic) bond motifs is 1. The van der Waals surface area contributed by atoms with Gasteiger partial charge in [0.2, 0.25) is 11.3 Å². The molecule has 3 rings (SSSR count). The van der Waals surface area contributed by atoms with E-state index >= 15 is 0 Å². The lowest BCUT2D eigenvalue weighted by Gasteiger charge is -2.14. The Morgan fingerprint density at radius 3 is 2.43 bits per heavy atom. The second-order valence-electron chi connectivity index (χ2n) is 6.62. The van der Waals surface area contributed by atoms with Crippen molar-refractivity contribution in [3.63, 3.8) is 0 Å². The van der Waals surface area contributed by atoms with Crippen LogP contribution in [0, 0.1) is 0 Å². The van der Waals surface area contributed by atoms with Crippen LogP contribution in [-0.4, -0.2) is 34.0 Å². The largest absolute Gasteiger partial charge is 0.480 e. The number of carboxylic acid groups (broad SMARTS) is 1. The fourth-order valence-electron chi connectivity index (χ4n) is 3.01. The highest BCUT2D eigenvalue weighted by atomic mass is 79.9. The summed E-state index contributed by atoms with van der Waals surface area (Å²) >= 11 is 3.34. The summed E-state index contributed by atoms with van der Waals surface area (Å²) < 4.78 is 2.44. The molecule has 0 spiro atoms. The molecule has 0 saturated heterocycles. The summed E-state index contributed by atoms with van der Waals surface area (Å²) in [5.74, 6) is -2.12. The molecule has 0 unspecified atom stereocenters. The van der Waals surface area contributed by atoms with Crippen molar-refractivity contribution in [2.75, 3.05) is 11.9 Å². The number of amides is 2. The van der Waals surface area contributed by atoms with Crippen LogP contribution in [0.3, 0.4) is 0 Å². The number of benzene rings is 2. The maximum Gasteiger partial charge on any atom is 0.322 e. The minimum atomic E-state index is -1.20. The summed E-state index contributed by atoms with van der Waals surface area (Å²) in [6.07, 6.45) is 1.43. The van der Waals surface area contributed by atoms with Gasteiger partial charge < -0.3 is 20.3 Å². The van der Waals surface area contributed by atoms with Gasteiger partial charge in [0.05, 0.1) is 5.52 Å². The molecule has 8 nitrogen and oxygen atoms in total. The lowest BCUT2D eigenvalue weighted by Crippen LogP contribution is -2.33. The van der Waals surface area contributed by atoms with Crippen LogP contribution >= 0.6 is 15.9 Å². The van der Waals surface area contributed by atoms with Crippen LogP contribution in [0.1, 0.15) is 22.8 Å². The number of halogens is 1. The maximum absolute atomic E-state index is 12.8. The molecule has 0 radical (unpaired) electrons. The third-order valence-corrected chi connectivity index (χ3v) is 4.81. The Balaban J connectivity index is 2.03. The van der Waals surface area contributed by atoms with Gasteiger partial charge in [-0.2, -0.15) is 0 Å². The van der Waals surface area contributed by atoms with Crippen molar-refractivity contribution in [3.8, 4) is 0 Å². The number of carbonyl (C=O) groups excluding carboxylic acids is 2. The van der Waals surface area contributed by atoms with Crippen LogP contribution in [0.25, 0.3) is 10.9 Å². The summed E-state index contributed by atoms with van der Waals surface area (Å²) in [5.41, 5.74) is 1.55. The number of rotatable bonds is 6. The molecule has 3 aromatic rings. The summed E-state index contributed by atoms with van der Waals surface area (Å²) in [6.45, 7) is 1.20. The molecule has 0 aliphatic heterocycles. The highest BCUT2D eigenvalue weighted by Crippen LogP contribution is 2.20. The SMILES string of the molecule is CC(=O)Nc1ccc(Cn2cc(C(=O)NCC(=O)O)c(=O)c3cc(Br)ccc32)cc1. The van der Waals surface area contributed by atoms with E-state index < -0.39 is 23.9 Å². The molecule has 0 bridgehead atoms. The van der Waals surface area contributed by atoms with Gasteiger partial charge in [-0.1, -0.05) is 28.1 Å². The van der Waals surface area contributed by atoms with Gasteiger partial charge in [-0.15, -0.1) is 0 Å². The minimum Gasteiger partial charge on any atom is -0.480 e. The lowest BCUT2D eigenvalue weighted by molar-refractivity contribution is -0.135. The zero-order valence-electron chi connectivity index (χ0n) is 15.9. The number of aromatic nitrogens is 1. The fourth-order valence-corrected chi connectivity index (χ4v) is 3.37. The molecule has 154 valence electrons. The number of aliphatic carboxylic acids is 1. The van der Waals surface area contributed by atoms with E-state index in [1.807, 2.05) is 12.1 Å². The third kappa shape index (κ3) is 4.93. The van der Waals surface area contributed by atoms with Crippen molar-refractivity contribution in [2.45, 2.75) is 13.5 Å². The molecule has 0 atom stereocenters. The molecule has 2 aromatic carbocycles. The number of carboxylic acids is 1. The monoisotopic (exact) mass is 471 g/mol. The second-order valence-corrected chi connectivity index (χ2v) is 7.53. The highest BCUT2D eigenvalue weighted by Gasteiger charge is 2.16. The molecule has 30 heavy (non-hydrogen) atoms. The number of anilines is 1. The first-order valence-electron chi connectivity index (χ1n) is 8.94. The van der Waals surface area contributed by atoms with E-state index in [1.54, 1.807) is 34.9 Å². The van der Waals surface area contributed by atoms with Crippen molar-refractivity contribution in [1.29, 1.82) is 0 Å². The van der Waals surface area contributed by atoms with Gasteiger partial charge in [0.15, 0.2) is 0 Å². The van der Waals surface area contributed by atoms with Crippen LogP contribution in [0.4, 0.5) is 5.69 Å². The van der Waals surface area contributed by atoms with E-state index in [2.05, 4.69) is 26.6 Å². The van der Waals surface area contributed by atoms with Crippen molar-refractivity contribution >= 4 is 50.3 Å². The maximum atomic E-state index is 12.8. The summed E-state index contributed by atoms with van der Waals surface area (Å²) in [6, 6.07) is 12.4. The van der Waals surface area contributed by atoms with Gasteiger partial charge in [0, 0.05) is 35.2 Å². The summed E-state index contributed by atoms with van der Waals surface area (Å²) in [7, 11) is 0. The number of nitrogens with one attached hydrogen (secondary N) is 2. The Morgan fingerprint density at radius 2 is 1.80 bits per heavy atom. The van der Waals surface area contributed by atoms with E-state index in [4.69, 9.17) is 5.11 Å². The Hall–Kier alpha value is -3.46. The van der Waals surface area contributed by atoms with Crippen molar-refractivity contribution in [1.82, 2.24) is 9.88 Å². The molecular weight excluding hydrogens is 454 g/mol. The Morgan fingerprint density at radius 1 is 1.10 bits per heavy atom. The predicted octanol–water partition coefficient (Wildman–Crippen LogP) is 2.59. The minimum absolute atomic E-state index is 0.142. The van der Waals surface area contributed by atoms with E-state index in [1.165, 1.54) is 13.1 Å². The van der Waals surface area contributed by atoms with Crippen molar-refractivity contribution in [2.24, 2.45) is 0 Å². The zero-order chi connectivity index (χ0) is 21.8. The Bertz CT molecular complexity index is 1200. The molecule has 1 heterocycles. The van der Waals surface area contributed by atoms with Crippen LogP contribution in [0.2, 0.25) is 0 Å². The van der Waals surface area contributed by atoms with Gasteiger partial charge in [-0.3, -0.25) is 19.2 Å². The molecule has 0 aliphatic carbocycles. The smallest absolute Gasteiger partial charge is 0.322 e. The Labute approximate surface area is 179 Å².